The second-order valence-electron chi connectivity index (χ2n) is 3.06. The van der Waals surface area contributed by atoms with Gasteiger partial charge in [-0.2, -0.15) is 0 Å². The first kappa shape index (κ1) is 10.0. The van der Waals surface area contributed by atoms with E-state index < -0.39 is 23.8 Å². The van der Waals surface area contributed by atoms with E-state index in [-0.39, 0.29) is 5.69 Å². The molecule has 3 nitrogen and oxygen atoms in total. The summed E-state index contributed by atoms with van der Waals surface area (Å²) in [6, 6.07) is 0.684. The van der Waals surface area contributed by atoms with Gasteiger partial charge in [0.05, 0.1) is 24.0 Å². The van der Waals surface area contributed by atoms with Crippen LogP contribution in [0.15, 0.2) is 12.3 Å². The molecule has 0 aliphatic carbocycles. The highest BCUT2D eigenvalue weighted by Crippen LogP contribution is 2.18. The molecule has 1 aromatic rings. The third-order valence-electron chi connectivity index (χ3n) is 1.68. The van der Waals surface area contributed by atoms with E-state index in [1.165, 1.54) is 6.92 Å². The van der Waals surface area contributed by atoms with Gasteiger partial charge in [-0.3, -0.25) is 4.98 Å². The number of nitrogens with two attached hydrogens (primary N) is 1. The normalized spacial score (nSPS) is 15.5. The Bertz CT molecular complexity index is 315. The number of halogens is 2. The van der Waals surface area contributed by atoms with Gasteiger partial charge in [-0.15, -0.1) is 0 Å². The summed E-state index contributed by atoms with van der Waals surface area (Å²) >= 11 is 0. The summed E-state index contributed by atoms with van der Waals surface area (Å²) in [5.41, 5.74) is 4.09. The van der Waals surface area contributed by atoms with Gasteiger partial charge in [0.15, 0.2) is 0 Å². The van der Waals surface area contributed by atoms with Gasteiger partial charge >= 0.3 is 0 Å². The average molecular weight is 188 g/mol. The highest BCUT2D eigenvalue weighted by atomic mass is 19.1. The summed E-state index contributed by atoms with van der Waals surface area (Å²) < 4.78 is 25.5. The van der Waals surface area contributed by atoms with Crippen molar-refractivity contribution in [1.82, 2.24) is 4.98 Å². The first-order valence-electron chi connectivity index (χ1n) is 3.68. The molecule has 0 fully saturated rings. The molecule has 13 heavy (non-hydrogen) atoms. The van der Waals surface area contributed by atoms with Crippen molar-refractivity contribution in [3.63, 3.8) is 0 Å². The summed E-state index contributed by atoms with van der Waals surface area (Å²) in [5, 5.41) is 8.82. The fourth-order valence-corrected chi connectivity index (χ4v) is 0.910. The second-order valence-corrected chi connectivity index (χ2v) is 3.06. The molecule has 1 atom stereocenters. The van der Waals surface area contributed by atoms with Gasteiger partial charge in [0.2, 0.25) is 0 Å². The summed E-state index contributed by atoms with van der Waals surface area (Å²) in [4.78, 5) is 3.49. The fourth-order valence-electron chi connectivity index (χ4n) is 0.910. The minimum Gasteiger partial charge on any atom is -0.394 e. The molecule has 0 amide bonds. The molecule has 5 heteroatoms. The number of aromatic nitrogens is 1. The molecule has 0 aliphatic rings. The number of nitrogens with zero attached hydrogens (tertiary/aromatic N) is 1. The number of pyridine rings is 1. The molecular formula is C8H10F2N2O. The average Bonchev–Trinajstić information content (AvgIpc) is 2.03. The molecule has 0 bridgehead atoms. The number of rotatable bonds is 2. The molecule has 0 spiro atoms. The predicted octanol–water partition coefficient (Wildman–Crippen LogP) is 0.526. The van der Waals surface area contributed by atoms with Gasteiger partial charge in [0.1, 0.15) is 11.6 Å². The molecular weight excluding hydrogens is 178 g/mol. The van der Waals surface area contributed by atoms with E-state index in [0.29, 0.717) is 6.07 Å². The Kier molecular flexibility index (Phi) is 2.58. The predicted molar refractivity (Wildman–Crippen MR) is 42.8 cm³/mol. The number of aliphatic hydroxyl groups excluding tert-OH is 1. The van der Waals surface area contributed by atoms with Crippen molar-refractivity contribution in [2.24, 2.45) is 5.73 Å². The lowest BCUT2D eigenvalue weighted by Gasteiger charge is -2.21. The maximum atomic E-state index is 13.0. The summed E-state index contributed by atoms with van der Waals surface area (Å²) in [5.74, 6) is -1.62. The quantitative estimate of drug-likeness (QED) is 0.711. The SMILES string of the molecule is CC(N)(CO)c1ncc(F)cc1F. The summed E-state index contributed by atoms with van der Waals surface area (Å²) in [6.45, 7) is 0.957. The van der Waals surface area contributed by atoms with Crippen LogP contribution in [0, 0.1) is 11.6 Å². The molecule has 0 radical (unpaired) electrons. The maximum Gasteiger partial charge on any atom is 0.149 e. The molecule has 1 heterocycles. The highest BCUT2D eigenvalue weighted by Gasteiger charge is 2.25. The highest BCUT2D eigenvalue weighted by molar-refractivity contribution is 5.17. The zero-order chi connectivity index (χ0) is 10.1. The molecule has 1 aromatic heterocycles. The second kappa shape index (κ2) is 3.35. The van der Waals surface area contributed by atoms with Gasteiger partial charge in [-0.25, -0.2) is 8.78 Å². The molecule has 0 aromatic carbocycles. The molecule has 0 aliphatic heterocycles. The Hall–Kier alpha value is -1.07. The Morgan fingerprint density at radius 1 is 1.62 bits per heavy atom. The lowest BCUT2D eigenvalue weighted by atomic mass is 9.99. The topological polar surface area (TPSA) is 59.1 Å². The Balaban J connectivity index is 3.16. The molecule has 0 saturated carbocycles. The number of aliphatic hydroxyl groups is 1. The van der Waals surface area contributed by atoms with Crippen LogP contribution in [-0.2, 0) is 5.54 Å². The van der Waals surface area contributed by atoms with Gasteiger partial charge in [0.25, 0.3) is 0 Å². The van der Waals surface area contributed by atoms with Crippen LogP contribution in [0.4, 0.5) is 8.78 Å². The minimum atomic E-state index is -1.28. The molecule has 1 unspecified atom stereocenters. The van der Waals surface area contributed by atoms with E-state index in [4.69, 9.17) is 10.8 Å². The van der Waals surface area contributed by atoms with Gasteiger partial charge in [-0.05, 0) is 6.92 Å². The third-order valence-corrected chi connectivity index (χ3v) is 1.68. The molecule has 3 N–H and O–H groups in total. The standard InChI is InChI=1S/C8H10F2N2O/c1-8(11,4-13)7-6(10)2-5(9)3-12-7/h2-3,13H,4,11H2,1H3. The van der Waals surface area contributed by atoms with Crippen LogP contribution in [0.25, 0.3) is 0 Å². The van der Waals surface area contributed by atoms with Crippen LogP contribution >= 0.6 is 0 Å². The minimum absolute atomic E-state index is 0.142. The van der Waals surface area contributed by atoms with Crippen molar-refractivity contribution < 1.29 is 13.9 Å². The first-order valence-corrected chi connectivity index (χ1v) is 3.68. The third kappa shape index (κ3) is 1.99. The molecule has 0 saturated heterocycles. The number of hydrogen-bond donors (Lipinski definition) is 2. The first-order chi connectivity index (χ1) is 5.97. The largest absolute Gasteiger partial charge is 0.394 e. The van der Waals surface area contributed by atoms with Crippen molar-refractivity contribution in [3.05, 3.63) is 29.6 Å². The van der Waals surface area contributed by atoms with Crippen molar-refractivity contribution in [3.8, 4) is 0 Å². The van der Waals surface area contributed by atoms with E-state index >= 15 is 0 Å². The van der Waals surface area contributed by atoms with Gasteiger partial charge < -0.3 is 10.8 Å². The Morgan fingerprint density at radius 2 is 2.23 bits per heavy atom. The van der Waals surface area contributed by atoms with Crippen LogP contribution < -0.4 is 5.73 Å². The van der Waals surface area contributed by atoms with Crippen molar-refractivity contribution in [2.45, 2.75) is 12.5 Å². The van der Waals surface area contributed by atoms with E-state index in [1.807, 2.05) is 0 Å². The zero-order valence-corrected chi connectivity index (χ0v) is 7.09. The van der Waals surface area contributed by atoms with Crippen LogP contribution in [0.5, 0.6) is 0 Å². The van der Waals surface area contributed by atoms with Crippen LogP contribution in [0.1, 0.15) is 12.6 Å². The lowest BCUT2D eigenvalue weighted by Crippen LogP contribution is -2.38. The van der Waals surface area contributed by atoms with E-state index in [1.54, 1.807) is 0 Å². The lowest BCUT2D eigenvalue weighted by molar-refractivity contribution is 0.202. The van der Waals surface area contributed by atoms with Crippen LogP contribution in [-0.4, -0.2) is 16.7 Å². The van der Waals surface area contributed by atoms with E-state index in [9.17, 15) is 8.78 Å². The monoisotopic (exact) mass is 188 g/mol. The van der Waals surface area contributed by atoms with E-state index in [0.717, 1.165) is 6.20 Å². The number of hydrogen-bond acceptors (Lipinski definition) is 3. The van der Waals surface area contributed by atoms with Crippen molar-refractivity contribution in [1.29, 1.82) is 0 Å². The smallest absolute Gasteiger partial charge is 0.149 e. The Morgan fingerprint density at radius 3 is 2.69 bits per heavy atom. The molecule has 1 rings (SSSR count). The fraction of sp³-hybridized carbons (Fsp3) is 0.375. The van der Waals surface area contributed by atoms with Gasteiger partial charge in [-0.1, -0.05) is 0 Å². The van der Waals surface area contributed by atoms with Crippen LogP contribution in [0.3, 0.4) is 0 Å². The zero-order valence-electron chi connectivity index (χ0n) is 7.09. The summed E-state index contributed by atoms with van der Waals surface area (Å²) in [7, 11) is 0. The van der Waals surface area contributed by atoms with Crippen molar-refractivity contribution in [2.75, 3.05) is 6.61 Å². The molecule has 72 valence electrons. The van der Waals surface area contributed by atoms with E-state index in [2.05, 4.69) is 4.98 Å². The Labute approximate surface area is 74.2 Å². The summed E-state index contributed by atoms with van der Waals surface area (Å²) in [6.07, 6.45) is 0.860. The maximum absolute atomic E-state index is 13.0. The van der Waals surface area contributed by atoms with Gasteiger partial charge in [0, 0.05) is 6.07 Å². The van der Waals surface area contributed by atoms with Crippen molar-refractivity contribution >= 4 is 0 Å². The van der Waals surface area contributed by atoms with Crippen LogP contribution in [0.2, 0.25) is 0 Å².